The number of pyridine rings is 1. The zero-order valence-electron chi connectivity index (χ0n) is 17.7. The van der Waals surface area contributed by atoms with E-state index in [2.05, 4.69) is 25.7 Å². The van der Waals surface area contributed by atoms with Crippen molar-refractivity contribution in [3.8, 4) is 17.1 Å². The normalized spacial score (nSPS) is 13.4. The molecule has 31 heavy (non-hydrogen) atoms. The van der Waals surface area contributed by atoms with Crippen molar-refractivity contribution < 1.29 is 14.3 Å². The number of aromatic nitrogens is 4. The molecule has 2 heterocycles. The third kappa shape index (κ3) is 4.25. The average molecular weight is 420 g/mol. The van der Waals surface area contributed by atoms with Gasteiger partial charge in [-0.05, 0) is 31.9 Å². The van der Waals surface area contributed by atoms with E-state index in [1.807, 2.05) is 18.2 Å². The number of nitrogens with zero attached hydrogens (tertiary/aromatic N) is 4. The number of anilines is 3. The quantitative estimate of drug-likeness (QED) is 0.562. The van der Waals surface area contributed by atoms with E-state index < -0.39 is 0 Å². The Morgan fingerprint density at radius 1 is 1.19 bits per heavy atom. The number of carbonyl (C=O) groups excluding carboxylic acids is 2. The Balaban J connectivity index is 1.68. The number of rotatable bonds is 7. The highest BCUT2D eigenvalue weighted by atomic mass is 16.5. The number of ether oxygens (including phenoxy) is 1. The van der Waals surface area contributed by atoms with E-state index in [0.717, 1.165) is 19.3 Å². The first-order valence-corrected chi connectivity index (χ1v) is 10.1. The fourth-order valence-electron chi connectivity index (χ4n) is 3.45. The molecular weight excluding hydrogens is 396 g/mol. The van der Waals surface area contributed by atoms with Crippen molar-refractivity contribution >= 4 is 28.9 Å². The summed E-state index contributed by atoms with van der Waals surface area (Å²) in [4.78, 5) is 33.0. The molecule has 0 saturated heterocycles. The van der Waals surface area contributed by atoms with Gasteiger partial charge in [-0.25, -0.2) is 9.97 Å². The minimum atomic E-state index is -0.145. The lowest BCUT2D eigenvalue weighted by molar-refractivity contribution is -0.122. The van der Waals surface area contributed by atoms with Crippen LogP contribution in [-0.4, -0.2) is 38.5 Å². The molecule has 0 radical (unpaired) electrons. The van der Waals surface area contributed by atoms with Gasteiger partial charge < -0.3 is 15.4 Å². The lowest BCUT2D eigenvalue weighted by Crippen LogP contribution is -2.28. The number of aryl methyl sites for hydroxylation is 1. The smallest absolute Gasteiger partial charge is 0.228 e. The van der Waals surface area contributed by atoms with Crippen LogP contribution in [-0.2, 0) is 11.8 Å². The van der Waals surface area contributed by atoms with E-state index in [-0.39, 0.29) is 17.6 Å². The number of Topliss-reactive ketones (excluding diaryl/α,β-unsaturated/α-hetero) is 1. The van der Waals surface area contributed by atoms with Crippen LogP contribution in [0.25, 0.3) is 11.4 Å². The molecule has 9 heteroatoms. The fourth-order valence-corrected chi connectivity index (χ4v) is 3.45. The Hall–Kier alpha value is -3.75. The summed E-state index contributed by atoms with van der Waals surface area (Å²) >= 11 is 0. The molecule has 1 aliphatic rings. The molecule has 0 bridgehead atoms. The van der Waals surface area contributed by atoms with Crippen molar-refractivity contribution in [1.82, 2.24) is 19.7 Å². The highest BCUT2D eigenvalue weighted by Crippen LogP contribution is 2.37. The third-order valence-electron chi connectivity index (χ3n) is 5.34. The second-order valence-electron chi connectivity index (χ2n) is 7.54. The number of nitrogens with one attached hydrogen (secondary N) is 2. The van der Waals surface area contributed by atoms with Crippen molar-refractivity contribution in [2.24, 2.45) is 13.0 Å². The van der Waals surface area contributed by atoms with Gasteiger partial charge in [-0.2, -0.15) is 5.10 Å². The van der Waals surface area contributed by atoms with Crippen LogP contribution in [0, 0.1) is 5.92 Å². The second kappa shape index (κ2) is 8.55. The molecule has 1 aliphatic carbocycles. The van der Waals surface area contributed by atoms with Gasteiger partial charge >= 0.3 is 0 Å². The Morgan fingerprint density at radius 3 is 2.61 bits per heavy atom. The van der Waals surface area contributed by atoms with Crippen molar-refractivity contribution in [3.05, 3.63) is 42.4 Å². The van der Waals surface area contributed by atoms with Crippen LogP contribution in [0.3, 0.4) is 0 Å². The van der Waals surface area contributed by atoms with Gasteiger partial charge in [-0.3, -0.25) is 14.3 Å². The van der Waals surface area contributed by atoms with E-state index in [1.165, 1.54) is 13.1 Å². The molecule has 0 atom stereocenters. The molecule has 9 nitrogen and oxygen atoms in total. The fraction of sp³-hybridized carbons (Fsp3) is 0.318. The predicted molar refractivity (Wildman–Crippen MR) is 116 cm³/mol. The highest BCUT2D eigenvalue weighted by molar-refractivity contribution is 6.01. The number of hydrogen-bond donors (Lipinski definition) is 2. The van der Waals surface area contributed by atoms with Crippen LogP contribution < -0.4 is 15.4 Å². The van der Waals surface area contributed by atoms with Crippen LogP contribution in [0.5, 0.6) is 5.75 Å². The molecule has 2 N–H and O–H groups in total. The van der Waals surface area contributed by atoms with E-state index in [4.69, 9.17) is 4.74 Å². The van der Waals surface area contributed by atoms with Gasteiger partial charge in [0.05, 0.1) is 29.6 Å². The molecule has 1 fully saturated rings. The number of benzene rings is 1. The minimum absolute atomic E-state index is 0.0355. The molecule has 1 aromatic carbocycles. The first kappa shape index (κ1) is 20.5. The molecule has 4 rings (SSSR count). The first-order chi connectivity index (χ1) is 15.0. The molecule has 1 amide bonds. The van der Waals surface area contributed by atoms with E-state index >= 15 is 0 Å². The second-order valence-corrected chi connectivity index (χ2v) is 7.54. The van der Waals surface area contributed by atoms with Gasteiger partial charge in [0.2, 0.25) is 5.91 Å². The summed E-state index contributed by atoms with van der Waals surface area (Å²) in [6, 6.07) is 7.22. The monoisotopic (exact) mass is 420 g/mol. The van der Waals surface area contributed by atoms with Crippen LogP contribution in [0.2, 0.25) is 0 Å². The average Bonchev–Trinajstić information content (AvgIpc) is 3.12. The Morgan fingerprint density at radius 2 is 2.00 bits per heavy atom. The van der Waals surface area contributed by atoms with Crippen LogP contribution in [0.4, 0.5) is 17.2 Å². The standard InChI is InChI=1S/C22H24N6O3/c1-13(29)16-11-23-19(26-22(30)14-6-4-7-14)10-18(16)25-17-9-5-8-15(20(17)31-3)21-24-12-28(2)27-21/h5,8-12,14H,4,6-7H2,1-3H3,(H2,23,25,26,30). The van der Waals surface area contributed by atoms with Crippen LogP contribution in [0.15, 0.2) is 36.8 Å². The van der Waals surface area contributed by atoms with Gasteiger partial charge in [-0.15, -0.1) is 0 Å². The maximum atomic E-state index is 12.3. The van der Waals surface area contributed by atoms with E-state index in [0.29, 0.717) is 39.9 Å². The largest absolute Gasteiger partial charge is 0.494 e. The summed E-state index contributed by atoms with van der Waals surface area (Å²) < 4.78 is 7.25. The summed E-state index contributed by atoms with van der Waals surface area (Å²) in [5, 5.41) is 10.5. The number of carbonyl (C=O) groups is 2. The zero-order chi connectivity index (χ0) is 22.0. The van der Waals surface area contributed by atoms with Gasteiger partial charge in [-0.1, -0.05) is 12.5 Å². The van der Waals surface area contributed by atoms with Crippen LogP contribution >= 0.6 is 0 Å². The SMILES string of the molecule is COc1c(Nc2cc(NC(=O)C3CCC3)ncc2C(C)=O)cccc1-c1ncn(C)n1. The van der Waals surface area contributed by atoms with Crippen molar-refractivity contribution in [1.29, 1.82) is 0 Å². The van der Waals surface area contributed by atoms with Crippen molar-refractivity contribution in [2.75, 3.05) is 17.7 Å². The number of methoxy groups -OCH3 is 1. The summed E-state index contributed by atoms with van der Waals surface area (Å²) in [5.41, 5.74) is 2.28. The Bertz CT molecular complexity index is 1140. The molecule has 160 valence electrons. The topological polar surface area (TPSA) is 111 Å². The lowest BCUT2D eigenvalue weighted by Gasteiger charge is -2.24. The summed E-state index contributed by atoms with van der Waals surface area (Å²) in [6.45, 7) is 1.47. The molecule has 3 aromatic rings. The minimum Gasteiger partial charge on any atom is -0.494 e. The van der Waals surface area contributed by atoms with Gasteiger partial charge in [0, 0.05) is 25.2 Å². The molecule has 1 saturated carbocycles. The number of ketones is 1. The molecule has 0 unspecified atom stereocenters. The predicted octanol–water partition coefficient (Wildman–Crippen LogP) is 3.57. The van der Waals surface area contributed by atoms with E-state index in [9.17, 15) is 9.59 Å². The Kier molecular flexibility index (Phi) is 5.66. The molecule has 0 aliphatic heterocycles. The van der Waals surface area contributed by atoms with Gasteiger partial charge in [0.15, 0.2) is 17.4 Å². The Labute approximate surface area is 179 Å². The number of amides is 1. The summed E-state index contributed by atoms with van der Waals surface area (Å²) in [7, 11) is 3.36. The zero-order valence-corrected chi connectivity index (χ0v) is 17.7. The third-order valence-corrected chi connectivity index (χ3v) is 5.34. The number of para-hydroxylation sites is 1. The van der Waals surface area contributed by atoms with Crippen LogP contribution in [0.1, 0.15) is 36.5 Å². The van der Waals surface area contributed by atoms with Crippen molar-refractivity contribution in [2.45, 2.75) is 26.2 Å². The maximum absolute atomic E-state index is 12.3. The lowest BCUT2D eigenvalue weighted by atomic mass is 9.85. The first-order valence-electron chi connectivity index (χ1n) is 10.1. The van der Waals surface area contributed by atoms with E-state index in [1.54, 1.807) is 31.2 Å². The van der Waals surface area contributed by atoms with Crippen molar-refractivity contribution in [3.63, 3.8) is 0 Å². The molecular formula is C22H24N6O3. The molecule has 2 aromatic heterocycles. The summed E-state index contributed by atoms with van der Waals surface area (Å²) in [5.74, 6) is 1.31. The van der Waals surface area contributed by atoms with Gasteiger partial charge in [0.25, 0.3) is 0 Å². The highest BCUT2D eigenvalue weighted by Gasteiger charge is 2.26. The summed E-state index contributed by atoms with van der Waals surface area (Å²) in [6.07, 6.45) is 5.95. The number of hydrogen-bond acceptors (Lipinski definition) is 7. The maximum Gasteiger partial charge on any atom is 0.228 e. The van der Waals surface area contributed by atoms with Gasteiger partial charge in [0.1, 0.15) is 12.1 Å². The molecule has 0 spiro atoms.